The zero-order chi connectivity index (χ0) is 4.28. The van der Waals surface area contributed by atoms with Gasteiger partial charge in [-0.2, -0.15) is 0 Å². The Hall–Kier alpha value is 0.153. The van der Waals surface area contributed by atoms with E-state index < -0.39 is 6.08 Å². The normalized spacial score (nSPS) is 5.83. The molecular formula is C2F3Zn-. The molecular weight excluding hydrogens is 146 g/mol. The Kier molecular flexibility index (Phi) is 8.14. The molecule has 0 aromatic rings. The van der Waals surface area contributed by atoms with Crippen molar-refractivity contribution in [3.8, 4) is 0 Å². The molecule has 0 aliphatic heterocycles. The summed E-state index contributed by atoms with van der Waals surface area (Å²) in [7, 11) is 0. The van der Waals surface area contributed by atoms with E-state index >= 15 is 0 Å². The third-order valence-electron chi connectivity index (χ3n) is 0.0714. The molecule has 0 fully saturated rings. The van der Waals surface area contributed by atoms with Crippen molar-refractivity contribution in [3.63, 3.8) is 0 Å². The van der Waals surface area contributed by atoms with Crippen LogP contribution in [0.2, 0.25) is 0 Å². The maximum atomic E-state index is 10.2. The molecule has 0 radical (unpaired) electrons. The summed E-state index contributed by atoms with van der Waals surface area (Å²) >= 11 is 0. The van der Waals surface area contributed by atoms with E-state index in [-0.39, 0.29) is 25.8 Å². The van der Waals surface area contributed by atoms with Crippen molar-refractivity contribution < 1.29 is 32.6 Å². The molecule has 0 bridgehead atoms. The second-order valence-electron chi connectivity index (χ2n) is 0.355. The Bertz CT molecular complexity index is 46.8. The van der Waals surface area contributed by atoms with Crippen molar-refractivity contribution >= 4 is 0 Å². The van der Waals surface area contributed by atoms with Crippen molar-refractivity contribution in [3.05, 3.63) is 12.4 Å². The van der Waals surface area contributed by atoms with E-state index in [1.165, 1.54) is 0 Å². The van der Waals surface area contributed by atoms with Crippen LogP contribution in [0.25, 0.3) is 0 Å². The molecule has 0 saturated carbocycles. The van der Waals surface area contributed by atoms with Gasteiger partial charge in [0, 0.05) is 19.5 Å². The van der Waals surface area contributed by atoms with Crippen LogP contribution in [0.4, 0.5) is 13.2 Å². The van der Waals surface area contributed by atoms with Crippen LogP contribution in [0.3, 0.4) is 0 Å². The van der Waals surface area contributed by atoms with E-state index in [9.17, 15) is 13.2 Å². The molecule has 4 heteroatoms. The fourth-order valence-electron chi connectivity index (χ4n) is 0. The molecule has 0 N–H and O–H groups in total. The maximum absolute atomic E-state index is 10.2. The number of hydrogen-bond acceptors (Lipinski definition) is 0. The van der Waals surface area contributed by atoms with Gasteiger partial charge in [0.15, 0.2) is 0 Å². The van der Waals surface area contributed by atoms with E-state index in [1.54, 1.807) is 0 Å². The zero-order valence-electron chi connectivity index (χ0n) is 2.84. The zero-order valence-corrected chi connectivity index (χ0v) is 5.81. The molecule has 0 heterocycles. The van der Waals surface area contributed by atoms with Gasteiger partial charge in [-0.3, -0.25) is 0 Å². The minimum absolute atomic E-state index is 0. The first-order chi connectivity index (χ1) is 2.27. The van der Waals surface area contributed by atoms with Gasteiger partial charge in [-0.05, 0) is 0 Å². The van der Waals surface area contributed by atoms with E-state index in [4.69, 9.17) is 0 Å². The van der Waals surface area contributed by atoms with Crippen LogP contribution in [-0.2, 0) is 19.5 Å². The Labute approximate surface area is 45.8 Å². The quantitative estimate of drug-likeness (QED) is 0.359. The maximum Gasteiger partial charge on any atom is 0.120 e. The molecule has 0 aromatic heterocycles. The average Bonchev–Trinajstić information content (AvgIpc) is 1.38. The second-order valence-corrected chi connectivity index (χ2v) is 0.355. The molecule has 0 aliphatic rings. The summed E-state index contributed by atoms with van der Waals surface area (Å²) in [4.78, 5) is 0. The van der Waals surface area contributed by atoms with Crippen LogP contribution in [0.15, 0.2) is 6.08 Å². The summed E-state index contributed by atoms with van der Waals surface area (Å²) in [5.41, 5.74) is 0. The Balaban J connectivity index is 0. The van der Waals surface area contributed by atoms with Gasteiger partial charge in [0.1, 0.15) is 6.08 Å². The van der Waals surface area contributed by atoms with Crippen LogP contribution < -0.4 is 0 Å². The molecule has 0 nitrogen and oxygen atoms in total. The minimum atomic E-state index is -2.41. The van der Waals surface area contributed by atoms with Gasteiger partial charge in [-0.25, -0.2) is 15.1 Å². The first kappa shape index (κ1) is 9.47. The Morgan fingerprint density at radius 3 is 1.50 bits per heavy atom. The van der Waals surface area contributed by atoms with Gasteiger partial charge < -0.3 is 4.39 Å². The fraction of sp³-hybridized carbons (Fsp3) is 0. The first-order valence-corrected chi connectivity index (χ1v) is 0.817. The van der Waals surface area contributed by atoms with Crippen molar-refractivity contribution in [2.75, 3.05) is 0 Å². The third-order valence-corrected chi connectivity index (χ3v) is 0.0714. The second kappa shape index (κ2) is 5.15. The number of rotatable bonds is 0. The van der Waals surface area contributed by atoms with Crippen molar-refractivity contribution in [2.24, 2.45) is 0 Å². The van der Waals surface area contributed by atoms with Crippen molar-refractivity contribution in [1.82, 2.24) is 0 Å². The first-order valence-electron chi connectivity index (χ1n) is 0.817. The molecule has 0 atom stereocenters. The fourth-order valence-corrected chi connectivity index (χ4v) is 0. The molecule has 6 heavy (non-hydrogen) atoms. The van der Waals surface area contributed by atoms with E-state index in [0.717, 1.165) is 0 Å². The molecule has 0 aliphatic carbocycles. The molecule has 0 amide bonds. The topological polar surface area (TPSA) is 0 Å². The largest absolute Gasteiger partial charge is 0.453 e. The van der Waals surface area contributed by atoms with E-state index in [1.807, 2.05) is 0 Å². The summed E-state index contributed by atoms with van der Waals surface area (Å²) in [6.45, 7) is 0. The molecule has 32 valence electrons. The van der Waals surface area contributed by atoms with Crippen LogP contribution in [0.5, 0.6) is 0 Å². The standard InChI is InChI=1S/C2F3.Zn/c3-1-2(4)5;/q-1;. The molecule has 0 aromatic carbocycles. The number of halogens is 3. The average molecular weight is 146 g/mol. The van der Waals surface area contributed by atoms with Gasteiger partial charge in [0.2, 0.25) is 0 Å². The minimum Gasteiger partial charge on any atom is -0.453 e. The molecule has 0 spiro atoms. The van der Waals surface area contributed by atoms with E-state index in [2.05, 4.69) is 0 Å². The van der Waals surface area contributed by atoms with Gasteiger partial charge in [0.25, 0.3) is 0 Å². The van der Waals surface area contributed by atoms with Gasteiger partial charge in [-0.1, -0.05) is 0 Å². The summed E-state index contributed by atoms with van der Waals surface area (Å²) in [6.07, 6.45) is -2.30. The summed E-state index contributed by atoms with van der Waals surface area (Å²) < 4.78 is 30.5. The van der Waals surface area contributed by atoms with Gasteiger partial charge in [0.05, 0.1) is 0 Å². The summed E-state index contributed by atoms with van der Waals surface area (Å²) in [5, 5.41) is 0. The van der Waals surface area contributed by atoms with Crippen LogP contribution in [0.1, 0.15) is 0 Å². The SMILES string of the molecule is F[C-]=C(F)F.[Zn]. The van der Waals surface area contributed by atoms with Crippen LogP contribution in [0, 0.1) is 6.33 Å². The predicted molar refractivity (Wildman–Crippen MR) is 10.1 cm³/mol. The summed E-state index contributed by atoms with van der Waals surface area (Å²) in [5.74, 6) is 0. The third kappa shape index (κ3) is 8.91. The number of hydrogen-bond donors (Lipinski definition) is 0. The van der Waals surface area contributed by atoms with Crippen LogP contribution >= 0.6 is 0 Å². The van der Waals surface area contributed by atoms with Crippen molar-refractivity contribution in [2.45, 2.75) is 0 Å². The van der Waals surface area contributed by atoms with E-state index in [0.29, 0.717) is 0 Å². The predicted octanol–water partition coefficient (Wildman–Crippen LogP) is 1.49. The van der Waals surface area contributed by atoms with Gasteiger partial charge >= 0.3 is 0 Å². The smallest absolute Gasteiger partial charge is 0.120 e. The Morgan fingerprint density at radius 2 is 1.50 bits per heavy atom. The van der Waals surface area contributed by atoms with Crippen LogP contribution in [-0.4, -0.2) is 0 Å². The monoisotopic (exact) mass is 145 g/mol. The molecule has 0 saturated heterocycles. The van der Waals surface area contributed by atoms with Crippen molar-refractivity contribution in [1.29, 1.82) is 0 Å². The molecule has 0 rings (SSSR count). The Morgan fingerprint density at radius 1 is 1.33 bits per heavy atom. The summed E-state index contributed by atoms with van der Waals surface area (Å²) in [6, 6.07) is 0. The molecule has 0 unspecified atom stereocenters. The van der Waals surface area contributed by atoms with Gasteiger partial charge in [-0.15, -0.1) is 0 Å².